The minimum Gasteiger partial charge on any atom is -0.497 e. The Morgan fingerprint density at radius 2 is 1.64 bits per heavy atom. The highest BCUT2D eigenvalue weighted by Crippen LogP contribution is 2.38. The lowest BCUT2D eigenvalue weighted by Gasteiger charge is -2.37. The van der Waals surface area contributed by atoms with Crippen LogP contribution in [0, 0.1) is 6.92 Å². The fourth-order valence-electron chi connectivity index (χ4n) is 5.45. The molecule has 0 unspecified atom stereocenters. The van der Waals surface area contributed by atoms with E-state index in [1.165, 1.54) is 17.0 Å². The van der Waals surface area contributed by atoms with Crippen LogP contribution in [0.3, 0.4) is 0 Å². The number of carbonyl (C=O) groups is 1. The van der Waals surface area contributed by atoms with Crippen LogP contribution in [-0.4, -0.2) is 86.2 Å². The van der Waals surface area contributed by atoms with Crippen molar-refractivity contribution in [3.8, 4) is 5.75 Å². The van der Waals surface area contributed by atoms with Crippen LogP contribution in [0.15, 0.2) is 30.6 Å². The number of aromatic nitrogens is 2. The summed E-state index contributed by atoms with van der Waals surface area (Å²) in [6.45, 7) is 8.07. The molecular formula is C26H31N5O4S. The number of hydrogen-bond donors (Lipinski definition) is 0. The van der Waals surface area contributed by atoms with E-state index in [-0.39, 0.29) is 5.91 Å². The minimum atomic E-state index is -0.488. The van der Waals surface area contributed by atoms with Crippen LogP contribution in [-0.2, 0) is 9.47 Å². The molecule has 190 valence electrons. The van der Waals surface area contributed by atoms with E-state index >= 15 is 0 Å². The van der Waals surface area contributed by atoms with Crippen molar-refractivity contribution in [2.75, 3.05) is 69.4 Å². The lowest BCUT2D eigenvalue weighted by atomic mass is 10.0. The van der Waals surface area contributed by atoms with Gasteiger partial charge in [-0.3, -0.25) is 4.79 Å². The largest absolute Gasteiger partial charge is 0.497 e. The molecule has 5 heterocycles. The van der Waals surface area contributed by atoms with E-state index in [9.17, 15) is 4.79 Å². The maximum atomic E-state index is 13.5. The third-order valence-electron chi connectivity index (χ3n) is 7.54. The summed E-state index contributed by atoms with van der Waals surface area (Å²) >= 11 is 1.47. The molecule has 3 aromatic rings. The number of benzene rings is 1. The molecule has 3 fully saturated rings. The van der Waals surface area contributed by atoms with E-state index in [0.717, 1.165) is 58.4 Å². The van der Waals surface area contributed by atoms with Crippen LogP contribution in [0.25, 0.3) is 10.2 Å². The van der Waals surface area contributed by atoms with Crippen molar-refractivity contribution in [3.05, 3.63) is 41.0 Å². The molecule has 3 saturated heterocycles. The maximum absolute atomic E-state index is 13.5. The molecule has 0 saturated carbocycles. The van der Waals surface area contributed by atoms with E-state index in [1.54, 1.807) is 13.4 Å². The van der Waals surface area contributed by atoms with Gasteiger partial charge in [0.25, 0.3) is 5.91 Å². The average molecular weight is 510 g/mol. The molecule has 0 atom stereocenters. The zero-order valence-corrected chi connectivity index (χ0v) is 21.6. The molecule has 6 rings (SSSR count). The van der Waals surface area contributed by atoms with Gasteiger partial charge in [-0.2, -0.15) is 0 Å². The van der Waals surface area contributed by atoms with Gasteiger partial charge in [-0.15, -0.1) is 11.3 Å². The van der Waals surface area contributed by atoms with Crippen molar-refractivity contribution in [1.29, 1.82) is 0 Å². The highest BCUT2D eigenvalue weighted by atomic mass is 32.1. The number of amides is 1. The van der Waals surface area contributed by atoms with Crippen molar-refractivity contribution in [2.24, 2.45) is 0 Å². The standard InChI is InChI=1S/C26H31N5O4S/c1-18-21-23(30-13-11-29(12-14-30)19-3-5-20(33-2)6-4-19)27-17-28-24(21)36-22(18)25(32)31-9-7-26(8-10-31)34-15-16-35-26/h3-6,17H,7-16H2,1-2H3. The predicted molar refractivity (Wildman–Crippen MR) is 139 cm³/mol. The number of methoxy groups -OCH3 is 1. The number of rotatable bonds is 4. The summed E-state index contributed by atoms with van der Waals surface area (Å²) < 4.78 is 16.9. The zero-order chi connectivity index (χ0) is 24.7. The number of likely N-dealkylation sites (tertiary alicyclic amines) is 1. The number of ether oxygens (including phenoxy) is 3. The summed E-state index contributed by atoms with van der Waals surface area (Å²) in [6, 6.07) is 8.20. The fourth-order valence-corrected chi connectivity index (χ4v) is 6.56. The normalized spacial score (nSPS) is 19.9. The van der Waals surface area contributed by atoms with Crippen molar-refractivity contribution in [1.82, 2.24) is 14.9 Å². The summed E-state index contributed by atoms with van der Waals surface area (Å²) in [5.74, 6) is 1.37. The van der Waals surface area contributed by atoms with E-state index < -0.39 is 5.79 Å². The first-order chi connectivity index (χ1) is 17.6. The Kier molecular flexibility index (Phi) is 6.18. The number of carbonyl (C=O) groups excluding carboxylic acids is 1. The Morgan fingerprint density at radius 1 is 0.972 bits per heavy atom. The van der Waals surface area contributed by atoms with Gasteiger partial charge in [0.1, 0.15) is 22.7 Å². The number of fused-ring (bicyclic) bond motifs is 1. The molecular weight excluding hydrogens is 478 g/mol. The Bertz CT molecular complexity index is 1240. The molecule has 1 aromatic carbocycles. The zero-order valence-electron chi connectivity index (χ0n) is 20.7. The van der Waals surface area contributed by atoms with Crippen molar-refractivity contribution >= 4 is 39.0 Å². The van der Waals surface area contributed by atoms with Crippen molar-refractivity contribution in [2.45, 2.75) is 25.6 Å². The molecule has 3 aliphatic rings. The molecule has 36 heavy (non-hydrogen) atoms. The molecule has 3 aliphatic heterocycles. The quantitative estimate of drug-likeness (QED) is 0.530. The summed E-state index contributed by atoms with van der Waals surface area (Å²) in [7, 11) is 1.68. The second-order valence-electron chi connectivity index (χ2n) is 9.51. The van der Waals surface area contributed by atoms with Gasteiger partial charge in [-0.25, -0.2) is 9.97 Å². The molecule has 0 radical (unpaired) electrons. The Hall–Kier alpha value is -2.95. The number of piperazine rings is 1. The maximum Gasteiger partial charge on any atom is 0.264 e. The van der Waals surface area contributed by atoms with Gasteiger partial charge >= 0.3 is 0 Å². The molecule has 9 nitrogen and oxygen atoms in total. The lowest BCUT2D eigenvalue weighted by Crippen LogP contribution is -2.47. The molecule has 2 aromatic heterocycles. The second-order valence-corrected chi connectivity index (χ2v) is 10.5. The number of hydrogen-bond acceptors (Lipinski definition) is 9. The van der Waals surface area contributed by atoms with Crippen LogP contribution in [0.1, 0.15) is 28.1 Å². The van der Waals surface area contributed by atoms with Gasteiger partial charge in [-0.1, -0.05) is 0 Å². The fraction of sp³-hybridized carbons (Fsp3) is 0.500. The van der Waals surface area contributed by atoms with Gasteiger partial charge in [0.05, 0.1) is 30.6 Å². The third-order valence-corrected chi connectivity index (χ3v) is 8.73. The van der Waals surface area contributed by atoms with Gasteiger partial charge in [0.15, 0.2) is 5.79 Å². The highest BCUT2D eigenvalue weighted by molar-refractivity contribution is 7.20. The smallest absolute Gasteiger partial charge is 0.264 e. The lowest BCUT2D eigenvalue weighted by molar-refractivity contribution is -0.181. The van der Waals surface area contributed by atoms with Gasteiger partial charge in [-0.05, 0) is 36.8 Å². The van der Waals surface area contributed by atoms with Gasteiger partial charge in [0.2, 0.25) is 0 Å². The summed E-state index contributed by atoms with van der Waals surface area (Å²) in [5.41, 5.74) is 2.17. The first-order valence-electron chi connectivity index (χ1n) is 12.5. The van der Waals surface area contributed by atoms with Crippen molar-refractivity contribution in [3.63, 3.8) is 0 Å². The molecule has 0 bridgehead atoms. The second kappa shape index (κ2) is 9.49. The first-order valence-corrected chi connectivity index (χ1v) is 13.3. The van der Waals surface area contributed by atoms with E-state index in [1.807, 2.05) is 24.0 Å². The van der Waals surface area contributed by atoms with Crippen LogP contribution < -0.4 is 14.5 Å². The highest BCUT2D eigenvalue weighted by Gasteiger charge is 2.41. The number of nitrogens with zero attached hydrogens (tertiary/aromatic N) is 5. The van der Waals surface area contributed by atoms with Crippen molar-refractivity contribution < 1.29 is 19.0 Å². The molecule has 1 amide bonds. The summed E-state index contributed by atoms with van der Waals surface area (Å²) in [6.07, 6.45) is 3.05. The topological polar surface area (TPSA) is 80.3 Å². The number of piperidine rings is 1. The number of anilines is 2. The van der Waals surface area contributed by atoms with Crippen LogP contribution >= 0.6 is 11.3 Å². The Labute approximate surface area is 214 Å². The molecule has 0 N–H and O–H groups in total. The summed E-state index contributed by atoms with van der Waals surface area (Å²) in [5, 5.41) is 1.000. The Balaban J connectivity index is 1.18. The summed E-state index contributed by atoms with van der Waals surface area (Å²) in [4.78, 5) is 31.0. The van der Waals surface area contributed by atoms with E-state index in [2.05, 4.69) is 31.9 Å². The van der Waals surface area contributed by atoms with E-state index in [0.29, 0.717) is 39.1 Å². The number of aryl methyl sites for hydroxylation is 1. The average Bonchev–Trinajstić information content (AvgIpc) is 3.53. The SMILES string of the molecule is COc1ccc(N2CCN(c3ncnc4sc(C(=O)N5CCC6(CC5)OCCO6)c(C)c34)CC2)cc1. The number of thiophene rings is 1. The van der Waals surface area contributed by atoms with Crippen LogP contribution in [0.5, 0.6) is 5.75 Å². The third kappa shape index (κ3) is 4.16. The first kappa shape index (κ1) is 23.4. The Morgan fingerprint density at radius 3 is 2.31 bits per heavy atom. The predicted octanol–water partition coefficient (Wildman–Crippen LogP) is 3.31. The molecule has 1 spiro atoms. The minimum absolute atomic E-state index is 0.0682. The van der Waals surface area contributed by atoms with Gasteiger partial charge in [0, 0.05) is 57.8 Å². The molecule has 10 heteroatoms. The van der Waals surface area contributed by atoms with Crippen LogP contribution in [0.4, 0.5) is 11.5 Å². The van der Waals surface area contributed by atoms with E-state index in [4.69, 9.17) is 14.2 Å². The monoisotopic (exact) mass is 509 g/mol. The van der Waals surface area contributed by atoms with Gasteiger partial charge < -0.3 is 28.9 Å². The molecule has 0 aliphatic carbocycles. The van der Waals surface area contributed by atoms with Crippen LogP contribution in [0.2, 0.25) is 0 Å².